The summed E-state index contributed by atoms with van der Waals surface area (Å²) in [6, 6.07) is 6.51. The van der Waals surface area contributed by atoms with Crippen molar-refractivity contribution in [1.82, 2.24) is 0 Å². The van der Waals surface area contributed by atoms with Gasteiger partial charge in [-0.2, -0.15) is 0 Å². The molecule has 0 fully saturated rings. The minimum atomic E-state index is 0.0170. The average Bonchev–Trinajstić information content (AvgIpc) is 2.48. The van der Waals surface area contributed by atoms with Crippen LogP contribution in [0.3, 0.4) is 0 Å². The zero-order valence-electron chi connectivity index (χ0n) is 16.1. The van der Waals surface area contributed by atoms with Crippen molar-refractivity contribution in [3.05, 3.63) is 29.3 Å². The van der Waals surface area contributed by atoms with Crippen LogP contribution in [0.4, 0.5) is 0 Å². The fourth-order valence-corrected chi connectivity index (χ4v) is 2.95. The van der Waals surface area contributed by atoms with E-state index in [0.717, 1.165) is 38.2 Å². The van der Waals surface area contributed by atoms with E-state index in [4.69, 9.17) is 9.47 Å². The van der Waals surface area contributed by atoms with Crippen LogP contribution in [-0.4, -0.2) is 18.8 Å². The van der Waals surface area contributed by atoms with Crippen LogP contribution < -0.4 is 4.74 Å². The van der Waals surface area contributed by atoms with Crippen LogP contribution in [0.1, 0.15) is 71.4 Å². The summed E-state index contributed by atoms with van der Waals surface area (Å²) in [5.74, 6) is 1.73. The van der Waals surface area contributed by atoms with E-state index >= 15 is 0 Å². The van der Waals surface area contributed by atoms with Gasteiger partial charge in [0.25, 0.3) is 0 Å². The summed E-state index contributed by atoms with van der Waals surface area (Å²) < 4.78 is 11.7. The second-order valence-corrected chi connectivity index (χ2v) is 7.28. The Bertz CT molecular complexity index is 451. The highest BCUT2D eigenvalue weighted by Gasteiger charge is 2.17. The van der Waals surface area contributed by atoms with Crippen molar-refractivity contribution in [3.63, 3.8) is 0 Å². The van der Waals surface area contributed by atoms with Gasteiger partial charge in [0.2, 0.25) is 0 Å². The molecule has 1 unspecified atom stereocenters. The van der Waals surface area contributed by atoms with Crippen LogP contribution in [-0.2, 0) is 11.2 Å². The third-order valence-electron chi connectivity index (χ3n) is 4.53. The highest BCUT2D eigenvalue weighted by atomic mass is 16.5. The third kappa shape index (κ3) is 7.87. The Morgan fingerprint density at radius 2 is 1.87 bits per heavy atom. The lowest BCUT2D eigenvalue weighted by atomic mass is 9.95. The van der Waals surface area contributed by atoms with Crippen molar-refractivity contribution >= 4 is 0 Å². The van der Waals surface area contributed by atoms with Crippen LogP contribution in [0.5, 0.6) is 5.75 Å². The molecule has 0 aliphatic carbocycles. The van der Waals surface area contributed by atoms with Crippen molar-refractivity contribution < 1.29 is 9.47 Å². The Hall–Kier alpha value is -1.02. The number of aryl methyl sites for hydroxylation is 2. The molecule has 1 aromatic carbocycles. The monoisotopic (exact) mass is 320 g/mol. The van der Waals surface area contributed by atoms with E-state index in [0.29, 0.717) is 5.92 Å². The lowest BCUT2D eigenvalue weighted by molar-refractivity contribution is -0.0183. The zero-order chi connectivity index (χ0) is 17.3. The highest BCUT2D eigenvalue weighted by molar-refractivity contribution is 5.36. The van der Waals surface area contributed by atoms with Crippen molar-refractivity contribution in [2.24, 2.45) is 5.92 Å². The SMILES string of the molecule is CCOC(C)(C)CCCC(C)CCOc1ccc(CC)cc1C. The van der Waals surface area contributed by atoms with Gasteiger partial charge in [0, 0.05) is 6.61 Å². The third-order valence-corrected chi connectivity index (χ3v) is 4.53. The maximum atomic E-state index is 5.97. The molecule has 1 atom stereocenters. The van der Waals surface area contributed by atoms with Crippen molar-refractivity contribution in [1.29, 1.82) is 0 Å². The van der Waals surface area contributed by atoms with Crippen LogP contribution in [0, 0.1) is 12.8 Å². The first-order valence-electron chi connectivity index (χ1n) is 9.24. The highest BCUT2D eigenvalue weighted by Crippen LogP contribution is 2.23. The van der Waals surface area contributed by atoms with Gasteiger partial charge in [-0.15, -0.1) is 0 Å². The minimum Gasteiger partial charge on any atom is -0.493 e. The Labute approximate surface area is 143 Å². The molecule has 0 aliphatic heterocycles. The molecule has 2 heteroatoms. The summed E-state index contributed by atoms with van der Waals surface area (Å²) in [6.07, 6.45) is 5.79. The van der Waals surface area contributed by atoms with E-state index in [1.165, 1.54) is 24.0 Å². The molecule has 0 saturated heterocycles. The number of benzene rings is 1. The minimum absolute atomic E-state index is 0.0170. The van der Waals surface area contributed by atoms with Gasteiger partial charge >= 0.3 is 0 Å². The van der Waals surface area contributed by atoms with Crippen LogP contribution in [0.15, 0.2) is 18.2 Å². The summed E-state index contributed by atoms with van der Waals surface area (Å²) in [4.78, 5) is 0. The second kappa shape index (κ2) is 9.97. The van der Waals surface area contributed by atoms with Crippen molar-refractivity contribution in [2.75, 3.05) is 13.2 Å². The average molecular weight is 321 g/mol. The normalized spacial score (nSPS) is 13.1. The molecule has 0 aliphatic rings. The van der Waals surface area contributed by atoms with E-state index in [9.17, 15) is 0 Å². The number of ether oxygens (including phenoxy) is 2. The molecule has 0 bridgehead atoms. The molecule has 0 saturated carbocycles. The molecule has 0 aromatic heterocycles. The van der Waals surface area contributed by atoms with Crippen molar-refractivity contribution in [3.8, 4) is 5.75 Å². The standard InChI is InChI=1S/C21H36O2/c1-7-19-11-12-20(18(4)16-19)22-15-13-17(3)10-9-14-21(5,6)23-8-2/h11-12,16-17H,7-10,13-15H2,1-6H3. The van der Waals surface area contributed by atoms with E-state index in [2.05, 4.69) is 59.7 Å². The van der Waals surface area contributed by atoms with Gasteiger partial charge in [0.1, 0.15) is 5.75 Å². The summed E-state index contributed by atoms with van der Waals surface area (Å²) >= 11 is 0. The number of rotatable bonds is 11. The molecule has 0 heterocycles. The molecule has 0 radical (unpaired) electrons. The fraction of sp³-hybridized carbons (Fsp3) is 0.714. The van der Waals surface area contributed by atoms with E-state index in [-0.39, 0.29) is 5.60 Å². The summed E-state index contributed by atoms with van der Waals surface area (Å²) in [7, 11) is 0. The molecule has 1 rings (SSSR count). The predicted octanol–water partition coefficient (Wildman–Crippen LogP) is 5.95. The molecular weight excluding hydrogens is 284 g/mol. The molecule has 23 heavy (non-hydrogen) atoms. The Balaban J connectivity index is 2.25. The smallest absolute Gasteiger partial charge is 0.122 e. The maximum absolute atomic E-state index is 5.97. The van der Waals surface area contributed by atoms with Gasteiger partial charge in [-0.3, -0.25) is 0 Å². The molecule has 132 valence electrons. The first kappa shape index (κ1) is 20.0. The lowest BCUT2D eigenvalue weighted by Crippen LogP contribution is -2.24. The topological polar surface area (TPSA) is 18.5 Å². The van der Waals surface area contributed by atoms with Crippen LogP contribution in [0.25, 0.3) is 0 Å². The van der Waals surface area contributed by atoms with E-state index < -0.39 is 0 Å². The van der Waals surface area contributed by atoms with Crippen molar-refractivity contribution in [2.45, 2.75) is 79.2 Å². The molecular formula is C21H36O2. The largest absolute Gasteiger partial charge is 0.493 e. The predicted molar refractivity (Wildman–Crippen MR) is 99.4 cm³/mol. The van der Waals surface area contributed by atoms with Crippen LogP contribution in [0.2, 0.25) is 0 Å². The summed E-state index contributed by atoms with van der Waals surface area (Å²) in [5, 5.41) is 0. The van der Waals surface area contributed by atoms with Gasteiger partial charge in [-0.1, -0.05) is 38.8 Å². The summed E-state index contributed by atoms with van der Waals surface area (Å²) in [5.41, 5.74) is 2.64. The van der Waals surface area contributed by atoms with Gasteiger partial charge < -0.3 is 9.47 Å². The van der Waals surface area contributed by atoms with Gasteiger partial charge in [-0.05, 0) is 70.1 Å². The van der Waals surface area contributed by atoms with E-state index in [1.807, 2.05) is 0 Å². The first-order valence-corrected chi connectivity index (χ1v) is 9.24. The molecule has 1 aromatic rings. The number of hydrogen-bond acceptors (Lipinski definition) is 2. The molecule has 2 nitrogen and oxygen atoms in total. The fourth-order valence-electron chi connectivity index (χ4n) is 2.95. The lowest BCUT2D eigenvalue weighted by Gasteiger charge is -2.25. The number of hydrogen-bond donors (Lipinski definition) is 0. The quantitative estimate of drug-likeness (QED) is 0.502. The Morgan fingerprint density at radius 3 is 2.48 bits per heavy atom. The molecule has 0 N–H and O–H groups in total. The van der Waals surface area contributed by atoms with Gasteiger partial charge in [-0.25, -0.2) is 0 Å². The summed E-state index contributed by atoms with van der Waals surface area (Å²) in [6.45, 7) is 14.7. The van der Waals surface area contributed by atoms with Crippen LogP contribution >= 0.6 is 0 Å². The van der Waals surface area contributed by atoms with Gasteiger partial charge in [0.15, 0.2) is 0 Å². The molecule has 0 amide bonds. The Morgan fingerprint density at radius 1 is 1.13 bits per heavy atom. The first-order chi connectivity index (χ1) is 10.9. The Kier molecular flexibility index (Phi) is 8.68. The van der Waals surface area contributed by atoms with E-state index in [1.54, 1.807) is 0 Å². The zero-order valence-corrected chi connectivity index (χ0v) is 16.1. The molecule has 0 spiro atoms. The van der Waals surface area contributed by atoms with Gasteiger partial charge in [0.05, 0.1) is 12.2 Å². The maximum Gasteiger partial charge on any atom is 0.122 e. The second-order valence-electron chi connectivity index (χ2n) is 7.28.